The summed E-state index contributed by atoms with van der Waals surface area (Å²) in [6, 6.07) is 9.93. The van der Waals surface area contributed by atoms with Crippen LogP contribution in [0.2, 0.25) is 0 Å². The highest BCUT2D eigenvalue weighted by atomic mass is 16.5. The van der Waals surface area contributed by atoms with Gasteiger partial charge in [0, 0.05) is 56.3 Å². The number of hydrogen-bond acceptors (Lipinski definition) is 8. The Morgan fingerprint density at radius 1 is 1.06 bits per heavy atom. The molecule has 0 saturated carbocycles. The molecule has 188 valence electrons. The summed E-state index contributed by atoms with van der Waals surface area (Å²) in [5.41, 5.74) is 2.91. The van der Waals surface area contributed by atoms with Crippen molar-refractivity contribution in [1.82, 2.24) is 14.9 Å². The lowest BCUT2D eigenvalue weighted by atomic mass is 10.1. The Morgan fingerprint density at radius 2 is 1.83 bits per heavy atom. The number of hydrogen-bond donors (Lipinski definition) is 4. The molecule has 1 amide bonds. The van der Waals surface area contributed by atoms with Gasteiger partial charge in [-0.3, -0.25) is 19.5 Å². The SMILES string of the molecule is CC(C)N1CCN(c2ccc(NC(=O)c3c(Nc4cncc5c4OCCN5)cc[nH]c3=O)cc2)CC1. The molecular formula is C26H31N7O3. The molecule has 2 aliphatic heterocycles. The van der Waals surface area contributed by atoms with Gasteiger partial charge >= 0.3 is 0 Å². The van der Waals surface area contributed by atoms with Gasteiger partial charge in [-0.25, -0.2) is 0 Å². The molecule has 0 spiro atoms. The number of piperazine rings is 1. The van der Waals surface area contributed by atoms with Gasteiger partial charge in [-0.05, 0) is 44.2 Å². The van der Waals surface area contributed by atoms with Crippen molar-refractivity contribution in [3.63, 3.8) is 0 Å². The van der Waals surface area contributed by atoms with E-state index in [1.54, 1.807) is 18.5 Å². The van der Waals surface area contributed by atoms with E-state index in [4.69, 9.17) is 4.74 Å². The Balaban J connectivity index is 1.30. The maximum Gasteiger partial charge on any atom is 0.263 e. The fourth-order valence-corrected chi connectivity index (χ4v) is 4.56. The molecule has 0 unspecified atom stereocenters. The van der Waals surface area contributed by atoms with Crippen LogP contribution in [-0.4, -0.2) is 66.1 Å². The molecule has 2 aromatic heterocycles. The van der Waals surface area contributed by atoms with Gasteiger partial charge in [-0.15, -0.1) is 0 Å². The van der Waals surface area contributed by atoms with Crippen LogP contribution in [0.5, 0.6) is 5.75 Å². The molecule has 3 aromatic rings. The van der Waals surface area contributed by atoms with Crippen molar-refractivity contribution in [2.75, 3.05) is 60.2 Å². The number of aromatic amines is 1. The molecule has 0 atom stereocenters. The Labute approximate surface area is 209 Å². The largest absolute Gasteiger partial charge is 0.487 e. The number of amides is 1. The van der Waals surface area contributed by atoms with Gasteiger partial charge in [0.1, 0.15) is 17.9 Å². The van der Waals surface area contributed by atoms with E-state index in [1.165, 1.54) is 6.20 Å². The van der Waals surface area contributed by atoms with E-state index in [2.05, 4.69) is 49.6 Å². The van der Waals surface area contributed by atoms with E-state index >= 15 is 0 Å². The Morgan fingerprint density at radius 3 is 2.58 bits per heavy atom. The zero-order chi connectivity index (χ0) is 25.1. The molecule has 4 heterocycles. The monoisotopic (exact) mass is 489 g/mol. The van der Waals surface area contributed by atoms with E-state index < -0.39 is 11.5 Å². The summed E-state index contributed by atoms with van der Waals surface area (Å²) in [5, 5.41) is 9.23. The van der Waals surface area contributed by atoms with E-state index in [9.17, 15) is 9.59 Å². The van der Waals surface area contributed by atoms with Gasteiger partial charge in [0.2, 0.25) is 0 Å². The summed E-state index contributed by atoms with van der Waals surface area (Å²) in [6.07, 6.45) is 4.78. The van der Waals surface area contributed by atoms with Gasteiger partial charge in [-0.2, -0.15) is 0 Å². The standard InChI is InChI=1S/C26H31N7O3/c1-17(2)32-10-12-33(13-11-32)19-5-3-18(4-6-19)30-26(35)23-20(7-8-29-25(23)34)31-22-16-27-15-21-24(22)36-14-9-28-21/h3-8,15-17,28H,9-14H2,1-2H3,(H,30,35)(H2,29,31,34). The first-order valence-corrected chi connectivity index (χ1v) is 12.2. The number of ether oxygens (including phenoxy) is 1. The van der Waals surface area contributed by atoms with Crippen molar-refractivity contribution >= 4 is 34.3 Å². The summed E-state index contributed by atoms with van der Waals surface area (Å²) in [6.45, 7) is 9.64. The molecule has 0 bridgehead atoms. The lowest BCUT2D eigenvalue weighted by molar-refractivity contribution is 0.102. The van der Waals surface area contributed by atoms with Crippen molar-refractivity contribution in [2.45, 2.75) is 19.9 Å². The first-order valence-electron chi connectivity index (χ1n) is 12.2. The van der Waals surface area contributed by atoms with Crippen LogP contribution in [0.3, 0.4) is 0 Å². The Hall–Kier alpha value is -4.05. The molecule has 5 rings (SSSR count). The molecule has 0 radical (unpaired) electrons. The average Bonchev–Trinajstić information content (AvgIpc) is 2.89. The summed E-state index contributed by atoms with van der Waals surface area (Å²) in [7, 11) is 0. The van der Waals surface area contributed by atoms with Crippen LogP contribution in [0.15, 0.2) is 53.7 Å². The molecule has 2 aliphatic rings. The predicted octanol–water partition coefficient (Wildman–Crippen LogP) is 3.10. The number of pyridine rings is 2. The number of H-pyrrole nitrogens is 1. The van der Waals surface area contributed by atoms with Crippen LogP contribution in [0, 0.1) is 0 Å². The third-order valence-electron chi connectivity index (χ3n) is 6.55. The minimum atomic E-state index is -0.505. The molecular weight excluding hydrogens is 458 g/mol. The molecule has 10 nitrogen and oxygen atoms in total. The average molecular weight is 490 g/mol. The highest BCUT2D eigenvalue weighted by Gasteiger charge is 2.21. The first kappa shape index (κ1) is 23.7. The van der Waals surface area contributed by atoms with Crippen molar-refractivity contribution in [2.24, 2.45) is 0 Å². The molecule has 36 heavy (non-hydrogen) atoms. The van der Waals surface area contributed by atoms with Crippen LogP contribution in [0.1, 0.15) is 24.2 Å². The number of rotatable bonds is 6. The van der Waals surface area contributed by atoms with Crippen molar-refractivity contribution in [1.29, 1.82) is 0 Å². The third-order valence-corrected chi connectivity index (χ3v) is 6.55. The van der Waals surface area contributed by atoms with E-state index in [0.717, 1.165) is 37.6 Å². The highest BCUT2D eigenvalue weighted by molar-refractivity contribution is 6.08. The number of nitrogens with zero attached hydrogens (tertiary/aromatic N) is 3. The third kappa shape index (κ3) is 4.99. The van der Waals surface area contributed by atoms with Gasteiger partial charge < -0.3 is 30.6 Å². The summed E-state index contributed by atoms with van der Waals surface area (Å²) < 4.78 is 5.77. The Kier molecular flexibility index (Phi) is 6.77. The molecule has 10 heteroatoms. The zero-order valence-electron chi connectivity index (χ0n) is 20.5. The predicted molar refractivity (Wildman–Crippen MR) is 142 cm³/mol. The summed E-state index contributed by atoms with van der Waals surface area (Å²) in [5.74, 6) is 0.0992. The van der Waals surface area contributed by atoms with Crippen LogP contribution in [-0.2, 0) is 0 Å². The Bertz CT molecular complexity index is 1280. The van der Waals surface area contributed by atoms with Crippen LogP contribution in [0.25, 0.3) is 0 Å². The molecule has 1 aromatic carbocycles. The summed E-state index contributed by atoms with van der Waals surface area (Å²) in [4.78, 5) is 37.5. The van der Waals surface area contributed by atoms with Gasteiger partial charge in [0.15, 0.2) is 5.75 Å². The minimum absolute atomic E-state index is 0.0206. The second-order valence-electron chi connectivity index (χ2n) is 9.18. The zero-order valence-corrected chi connectivity index (χ0v) is 20.5. The molecule has 1 fully saturated rings. The first-order chi connectivity index (χ1) is 17.5. The van der Waals surface area contributed by atoms with Crippen LogP contribution < -0.4 is 31.1 Å². The van der Waals surface area contributed by atoms with Crippen LogP contribution >= 0.6 is 0 Å². The van der Waals surface area contributed by atoms with Crippen molar-refractivity contribution in [3.8, 4) is 5.75 Å². The quantitative estimate of drug-likeness (QED) is 0.418. The minimum Gasteiger partial charge on any atom is -0.487 e. The number of nitrogens with one attached hydrogen (secondary N) is 4. The maximum absolute atomic E-state index is 13.2. The van der Waals surface area contributed by atoms with E-state index in [1.807, 2.05) is 24.3 Å². The number of carbonyl (C=O) groups is 1. The van der Waals surface area contributed by atoms with Gasteiger partial charge in [0.25, 0.3) is 11.5 Å². The van der Waals surface area contributed by atoms with E-state index in [0.29, 0.717) is 42.0 Å². The normalized spacial score (nSPS) is 15.6. The van der Waals surface area contributed by atoms with Crippen molar-refractivity contribution < 1.29 is 9.53 Å². The molecule has 1 saturated heterocycles. The second-order valence-corrected chi connectivity index (χ2v) is 9.18. The van der Waals surface area contributed by atoms with Gasteiger partial charge in [0.05, 0.1) is 23.8 Å². The lowest BCUT2D eigenvalue weighted by Crippen LogP contribution is -2.48. The van der Waals surface area contributed by atoms with Crippen molar-refractivity contribution in [3.05, 3.63) is 64.8 Å². The highest BCUT2D eigenvalue weighted by Crippen LogP contribution is 2.36. The maximum atomic E-state index is 13.2. The summed E-state index contributed by atoms with van der Waals surface area (Å²) >= 11 is 0. The van der Waals surface area contributed by atoms with Gasteiger partial charge in [-0.1, -0.05) is 0 Å². The molecule has 0 aliphatic carbocycles. The second kappa shape index (κ2) is 10.3. The van der Waals surface area contributed by atoms with Crippen LogP contribution in [0.4, 0.5) is 28.4 Å². The fraction of sp³-hybridized carbons (Fsp3) is 0.346. The number of carbonyl (C=O) groups excluding carboxylic acids is 1. The number of aromatic nitrogens is 2. The fourth-order valence-electron chi connectivity index (χ4n) is 4.56. The number of benzene rings is 1. The smallest absolute Gasteiger partial charge is 0.263 e. The number of fused-ring (bicyclic) bond motifs is 1. The number of anilines is 5. The lowest BCUT2D eigenvalue weighted by Gasteiger charge is -2.38. The topological polar surface area (TPSA) is 115 Å². The molecule has 4 N–H and O–H groups in total. The van der Waals surface area contributed by atoms with E-state index in [-0.39, 0.29) is 5.56 Å².